The van der Waals surface area contributed by atoms with Crippen LogP contribution in [0.1, 0.15) is 27.8 Å². The standard InChI is InChI=1S/C25H18Br2INO3/c1-14-4-3-5-16(8-14)13-31-23-19(26)10-17(11-20(23)27)12-22-25(30)32-24(29-22)18-6-7-21(28)15(2)9-18/h3-12H,13H2,1-2H3/b22-12-. The zero-order valence-corrected chi connectivity index (χ0v) is 22.6. The van der Waals surface area contributed by atoms with E-state index in [2.05, 4.69) is 78.5 Å². The van der Waals surface area contributed by atoms with E-state index in [0.29, 0.717) is 18.3 Å². The van der Waals surface area contributed by atoms with Crippen LogP contribution in [0.4, 0.5) is 0 Å². The Morgan fingerprint density at radius 1 is 1.06 bits per heavy atom. The number of ether oxygens (including phenoxy) is 2. The SMILES string of the molecule is Cc1cccc(COc2c(Br)cc(/C=C3\N=C(c4ccc(I)c(C)c4)OC3=O)cc2Br)c1. The Balaban J connectivity index is 1.56. The van der Waals surface area contributed by atoms with Gasteiger partial charge in [-0.1, -0.05) is 29.8 Å². The Bertz CT molecular complexity index is 1260. The molecule has 3 aromatic rings. The first-order valence-corrected chi connectivity index (χ1v) is 12.4. The molecule has 0 N–H and O–H groups in total. The van der Waals surface area contributed by atoms with E-state index in [1.54, 1.807) is 6.08 Å². The maximum atomic E-state index is 12.4. The van der Waals surface area contributed by atoms with Crippen molar-refractivity contribution in [2.75, 3.05) is 0 Å². The van der Waals surface area contributed by atoms with Gasteiger partial charge in [0.2, 0.25) is 5.90 Å². The number of hydrogen-bond acceptors (Lipinski definition) is 4. The summed E-state index contributed by atoms with van der Waals surface area (Å²) >= 11 is 9.42. The lowest BCUT2D eigenvalue weighted by Gasteiger charge is -2.12. The average Bonchev–Trinajstić information content (AvgIpc) is 3.10. The zero-order chi connectivity index (χ0) is 22.8. The Labute approximate surface area is 217 Å². The maximum absolute atomic E-state index is 12.4. The molecular weight excluding hydrogens is 649 g/mol. The molecule has 0 radical (unpaired) electrons. The molecule has 0 saturated carbocycles. The summed E-state index contributed by atoms with van der Waals surface area (Å²) < 4.78 is 14.1. The summed E-state index contributed by atoms with van der Waals surface area (Å²) in [5, 5.41) is 0. The van der Waals surface area contributed by atoms with Gasteiger partial charge in [-0.3, -0.25) is 0 Å². The van der Waals surface area contributed by atoms with Gasteiger partial charge in [-0.2, -0.15) is 0 Å². The lowest BCUT2D eigenvalue weighted by atomic mass is 10.1. The minimum atomic E-state index is -0.469. The van der Waals surface area contributed by atoms with Gasteiger partial charge in [-0.05, 0) is 121 Å². The number of hydrogen-bond donors (Lipinski definition) is 0. The van der Waals surface area contributed by atoms with E-state index in [-0.39, 0.29) is 5.70 Å². The van der Waals surface area contributed by atoms with Gasteiger partial charge in [-0.25, -0.2) is 9.79 Å². The molecule has 0 fully saturated rings. The predicted octanol–water partition coefficient (Wildman–Crippen LogP) is 7.36. The first-order chi connectivity index (χ1) is 15.3. The van der Waals surface area contributed by atoms with E-state index in [9.17, 15) is 4.79 Å². The zero-order valence-electron chi connectivity index (χ0n) is 17.3. The number of carbonyl (C=O) groups excluding carboxylic acids is 1. The fourth-order valence-corrected chi connectivity index (χ4v) is 5.01. The first-order valence-electron chi connectivity index (χ1n) is 9.76. The predicted molar refractivity (Wildman–Crippen MR) is 142 cm³/mol. The number of aryl methyl sites for hydroxylation is 2. The number of cyclic esters (lactones) is 1. The van der Waals surface area contributed by atoms with Gasteiger partial charge in [0.25, 0.3) is 0 Å². The van der Waals surface area contributed by atoms with Crippen molar-refractivity contribution in [3.63, 3.8) is 0 Å². The molecular formula is C25H18Br2INO3. The second-order valence-corrected chi connectivity index (χ2v) is 10.3. The largest absolute Gasteiger partial charge is 0.487 e. The molecule has 7 heteroatoms. The van der Waals surface area contributed by atoms with Crippen LogP contribution < -0.4 is 4.74 Å². The van der Waals surface area contributed by atoms with Gasteiger partial charge >= 0.3 is 5.97 Å². The van der Waals surface area contributed by atoms with Crippen LogP contribution in [0.5, 0.6) is 5.75 Å². The van der Waals surface area contributed by atoms with Crippen molar-refractivity contribution in [3.05, 3.63) is 101 Å². The van der Waals surface area contributed by atoms with E-state index in [4.69, 9.17) is 9.47 Å². The van der Waals surface area contributed by atoms with Gasteiger partial charge in [0.1, 0.15) is 12.4 Å². The third-order valence-corrected chi connectivity index (χ3v) is 7.20. The highest BCUT2D eigenvalue weighted by atomic mass is 127. The number of aliphatic imine (C=N–C) groups is 1. The van der Waals surface area contributed by atoms with Crippen LogP contribution in [0.15, 0.2) is 74.2 Å². The van der Waals surface area contributed by atoms with E-state index in [1.807, 2.05) is 49.4 Å². The molecule has 4 rings (SSSR count). The van der Waals surface area contributed by atoms with Crippen molar-refractivity contribution >= 4 is 72.4 Å². The molecule has 0 bridgehead atoms. The Morgan fingerprint density at radius 3 is 2.50 bits per heavy atom. The lowest BCUT2D eigenvalue weighted by Crippen LogP contribution is -2.05. The van der Waals surface area contributed by atoms with Crippen molar-refractivity contribution in [2.45, 2.75) is 20.5 Å². The van der Waals surface area contributed by atoms with Crippen LogP contribution in [0, 0.1) is 17.4 Å². The van der Waals surface area contributed by atoms with E-state index >= 15 is 0 Å². The van der Waals surface area contributed by atoms with Gasteiger partial charge < -0.3 is 9.47 Å². The fourth-order valence-electron chi connectivity index (χ4n) is 3.23. The molecule has 4 nitrogen and oxygen atoms in total. The summed E-state index contributed by atoms with van der Waals surface area (Å²) in [5.41, 5.74) is 5.22. The summed E-state index contributed by atoms with van der Waals surface area (Å²) in [6.07, 6.45) is 1.70. The Morgan fingerprint density at radius 2 is 1.81 bits per heavy atom. The maximum Gasteiger partial charge on any atom is 0.363 e. The second kappa shape index (κ2) is 9.89. The van der Waals surface area contributed by atoms with Crippen LogP contribution in [0.25, 0.3) is 6.08 Å². The van der Waals surface area contributed by atoms with Crippen LogP contribution in [-0.2, 0) is 16.1 Å². The highest BCUT2D eigenvalue weighted by Crippen LogP contribution is 2.36. The molecule has 0 aliphatic carbocycles. The smallest absolute Gasteiger partial charge is 0.363 e. The molecule has 162 valence electrons. The quantitative estimate of drug-likeness (QED) is 0.163. The summed E-state index contributed by atoms with van der Waals surface area (Å²) in [6.45, 7) is 4.52. The van der Waals surface area contributed by atoms with E-state index < -0.39 is 5.97 Å². The Hall–Kier alpha value is -1.97. The summed E-state index contributed by atoms with van der Waals surface area (Å²) in [7, 11) is 0. The normalized spacial score (nSPS) is 14.5. The molecule has 0 saturated heterocycles. The van der Waals surface area contributed by atoms with Gasteiger partial charge in [-0.15, -0.1) is 0 Å². The summed E-state index contributed by atoms with van der Waals surface area (Å²) in [6, 6.07) is 17.8. The van der Waals surface area contributed by atoms with Crippen molar-refractivity contribution in [2.24, 2.45) is 4.99 Å². The third-order valence-electron chi connectivity index (χ3n) is 4.82. The minimum Gasteiger partial charge on any atom is -0.487 e. The topological polar surface area (TPSA) is 47.9 Å². The molecule has 0 spiro atoms. The van der Waals surface area contributed by atoms with Crippen molar-refractivity contribution in [1.82, 2.24) is 0 Å². The highest BCUT2D eigenvalue weighted by Gasteiger charge is 2.24. The molecule has 0 atom stereocenters. The van der Waals surface area contributed by atoms with Gasteiger partial charge in [0.05, 0.1) is 8.95 Å². The number of esters is 1. The van der Waals surface area contributed by atoms with Crippen LogP contribution in [0.3, 0.4) is 0 Å². The molecule has 0 amide bonds. The number of rotatable bonds is 5. The van der Waals surface area contributed by atoms with Gasteiger partial charge in [0.15, 0.2) is 5.70 Å². The molecule has 1 aliphatic heterocycles. The Kier molecular flexibility index (Phi) is 7.17. The van der Waals surface area contributed by atoms with E-state index in [0.717, 1.165) is 34.8 Å². The van der Waals surface area contributed by atoms with Gasteiger partial charge in [0, 0.05) is 9.13 Å². The third kappa shape index (κ3) is 5.32. The summed E-state index contributed by atoms with van der Waals surface area (Å²) in [4.78, 5) is 16.8. The molecule has 3 aromatic carbocycles. The van der Waals surface area contributed by atoms with E-state index in [1.165, 1.54) is 5.56 Å². The van der Waals surface area contributed by atoms with Crippen LogP contribution in [-0.4, -0.2) is 11.9 Å². The monoisotopic (exact) mass is 665 g/mol. The number of halogens is 3. The van der Waals surface area contributed by atoms with Crippen molar-refractivity contribution < 1.29 is 14.3 Å². The fraction of sp³-hybridized carbons (Fsp3) is 0.120. The van der Waals surface area contributed by atoms with Crippen LogP contribution in [0.2, 0.25) is 0 Å². The highest BCUT2D eigenvalue weighted by molar-refractivity contribution is 14.1. The molecule has 32 heavy (non-hydrogen) atoms. The average molecular weight is 667 g/mol. The van der Waals surface area contributed by atoms with Crippen molar-refractivity contribution in [1.29, 1.82) is 0 Å². The number of benzene rings is 3. The second-order valence-electron chi connectivity index (χ2n) is 7.39. The number of nitrogens with zero attached hydrogens (tertiary/aromatic N) is 1. The molecule has 0 aromatic heterocycles. The summed E-state index contributed by atoms with van der Waals surface area (Å²) in [5.74, 6) is 0.543. The molecule has 0 unspecified atom stereocenters. The lowest BCUT2D eigenvalue weighted by molar-refractivity contribution is -0.129. The molecule has 1 heterocycles. The molecule has 1 aliphatic rings. The van der Waals surface area contributed by atoms with Crippen LogP contribution >= 0.6 is 54.5 Å². The van der Waals surface area contributed by atoms with Crippen molar-refractivity contribution in [3.8, 4) is 5.75 Å². The number of carbonyl (C=O) groups is 1. The minimum absolute atomic E-state index is 0.253. The first kappa shape index (κ1) is 23.2.